The van der Waals surface area contributed by atoms with Crippen LogP contribution in [-0.4, -0.2) is 37.1 Å². The van der Waals surface area contributed by atoms with Crippen molar-refractivity contribution in [3.8, 4) is 0 Å². The Labute approximate surface area is 176 Å². The van der Waals surface area contributed by atoms with Crippen molar-refractivity contribution in [1.82, 2.24) is 10.3 Å². The molecule has 30 heavy (non-hydrogen) atoms. The van der Waals surface area contributed by atoms with Crippen LogP contribution in [0.5, 0.6) is 0 Å². The van der Waals surface area contributed by atoms with E-state index in [0.29, 0.717) is 11.6 Å². The normalized spacial score (nSPS) is 18.8. The number of hydrogen-bond donors (Lipinski definition) is 2. The number of rotatable bonds is 5. The van der Waals surface area contributed by atoms with Crippen molar-refractivity contribution >= 4 is 28.3 Å². The van der Waals surface area contributed by atoms with Gasteiger partial charge in [-0.1, -0.05) is 18.2 Å². The van der Waals surface area contributed by atoms with E-state index in [9.17, 15) is 9.18 Å². The maximum Gasteiger partial charge on any atom is 0.251 e. The lowest BCUT2D eigenvalue weighted by molar-refractivity contribution is 0.0926. The molecule has 4 rings (SSSR count). The van der Waals surface area contributed by atoms with Crippen LogP contribution in [0.3, 0.4) is 0 Å². The average Bonchev–Trinajstić information content (AvgIpc) is 2.75. The molecule has 0 unspecified atom stereocenters. The van der Waals surface area contributed by atoms with E-state index in [1.165, 1.54) is 24.3 Å². The molecule has 1 aliphatic carbocycles. The minimum Gasteiger partial charge on any atom is -0.377 e. The first-order valence-electron chi connectivity index (χ1n) is 10.4. The van der Waals surface area contributed by atoms with Gasteiger partial charge in [0, 0.05) is 48.9 Å². The molecule has 2 aromatic carbocycles. The van der Waals surface area contributed by atoms with Gasteiger partial charge < -0.3 is 15.5 Å². The van der Waals surface area contributed by atoms with Crippen molar-refractivity contribution in [1.29, 1.82) is 0 Å². The lowest BCUT2D eigenvalue weighted by atomic mass is 9.91. The number of para-hydroxylation sites is 1. The first kappa shape index (κ1) is 20.1. The molecule has 6 heteroatoms. The summed E-state index contributed by atoms with van der Waals surface area (Å²) in [5, 5.41) is 7.80. The number of carbonyl (C=O) groups excluding carboxylic acids is 1. The minimum atomic E-state index is -0.335. The lowest BCUT2D eigenvalue weighted by Crippen LogP contribution is -2.40. The maximum absolute atomic E-state index is 13.0. The van der Waals surface area contributed by atoms with E-state index in [4.69, 9.17) is 4.98 Å². The third kappa shape index (κ3) is 4.53. The fourth-order valence-corrected chi connectivity index (χ4v) is 4.06. The van der Waals surface area contributed by atoms with Gasteiger partial charge in [0.1, 0.15) is 11.6 Å². The van der Waals surface area contributed by atoms with Gasteiger partial charge >= 0.3 is 0 Å². The zero-order valence-corrected chi connectivity index (χ0v) is 17.4. The van der Waals surface area contributed by atoms with E-state index in [0.717, 1.165) is 48.1 Å². The molecule has 1 fully saturated rings. The summed E-state index contributed by atoms with van der Waals surface area (Å²) in [6, 6.07) is 16.4. The maximum atomic E-state index is 13.0. The number of anilines is 2. The van der Waals surface area contributed by atoms with Gasteiger partial charge in [-0.25, -0.2) is 9.37 Å². The number of fused-ring (bicyclic) bond motifs is 1. The van der Waals surface area contributed by atoms with Gasteiger partial charge in [0.15, 0.2) is 0 Å². The Kier molecular flexibility index (Phi) is 5.84. The molecule has 1 aliphatic rings. The first-order chi connectivity index (χ1) is 14.5. The van der Waals surface area contributed by atoms with E-state index in [1.807, 2.05) is 32.3 Å². The highest BCUT2D eigenvalue weighted by atomic mass is 19.1. The summed E-state index contributed by atoms with van der Waals surface area (Å²) in [6.07, 6.45) is 3.72. The van der Waals surface area contributed by atoms with Crippen molar-refractivity contribution < 1.29 is 9.18 Å². The number of amides is 1. The molecule has 1 heterocycles. The Morgan fingerprint density at radius 2 is 1.67 bits per heavy atom. The number of nitrogens with one attached hydrogen (secondary N) is 2. The zero-order valence-electron chi connectivity index (χ0n) is 17.4. The van der Waals surface area contributed by atoms with Crippen LogP contribution in [0.2, 0.25) is 0 Å². The minimum absolute atomic E-state index is 0.141. The second-order valence-electron chi connectivity index (χ2n) is 8.11. The first-order valence-corrected chi connectivity index (χ1v) is 10.4. The largest absolute Gasteiger partial charge is 0.377 e. The van der Waals surface area contributed by atoms with Gasteiger partial charge in [0.05, 0.1) is 5.52 Å². The summed E-state index contributed by atoms with van der Waals surface area (Å²) in [6.45, 7) is 0. The number of benzene rings is 2. The molecule has 0 spiro atoms. The smallest absolute Gasteiger partial charge is 0.251 e. The van der Waals surface area contributed by atoms with Crippen molar-refractivity contribution in [3.63, 3.8) is 0 Å². The number of hydrogen-bond acceptors (Lipinski definition) is 4. The third-order valence-electron chi connectivity index (χ3n) is 5.70. The molecule has 0 bridgehead atoms. The summed E-state index contributed by atoms with van der Waals surface area (Å²) in [7, 11) is 4.08. The summed E-state index contributed by atoms with van der Waals surface area (Å²) in [4.78, 5) is 19.3. The lowest BCUT2D eigenvalue weighted by Gasteiger charge is -2.30. The predicted molar refractivity (Wildman–Crippen MR) is 120 cm³/mol. The summed E-state index contributed by atoms with van der Waals surface area (Å²) in [5.41, 5.74) is 2.61. The van der Waals surface area contributed by atoms with E-state index in [1.54, 1.807) is 0 Å². The van der Waals surface area contributed by atoms with Gasteiger partial charge in [-0.15, -0.1) is 0 Å². The van der Waals surface area contributed by atoms with Crippen LogP contribution >= 0.6 is 0 Å². The molecule has 0 aliphatic heterocycles. The van der Waals surface area contributed by atoms with E-state index < -0.39 is 0 Å². The quantitative estimate of drug-likeness (QED) is 0.651. The molecule has 0 atom stereocenters. The fraction of sp³-hybridized carbons (Fsp3) is 0.333. The predicted octanol–water partition coefficient (Wildman–Crippen LogP) is 4.59. The summed E-state index contributed by atoms with van der Waals surface area (Å²) >= 11 is 0. The van der Waals surface area contributed by atoms with Crippen molar-refractivity contribution in [2.45, 2.75) is 37.8 Å². The van der Waals surface area contributed by atoms with Crippen LogP contribution in [0, 0.1) is 5.82 Å². The molecule has 5 nitrogen and oxygen atoms in total. The van der Waals surface area contributed by atoms with Crippen LogP contribution in [-0.2, 0) is 0 Å². The molecule has 0 saturated heterocycles. The SMILES string of the molecule is CN(C)c1cc(N[C@H]2CC[C@@H](NC(=O)c3ccc(F)cc3)CC2)nc2ccccc12. The van der Waals surface area contributed by atoms with Crippen LogP contribution in [0.4, 0.5) is 15.9 Å². The van der Waals surface area contributed by atoms with Gasteiger partial charge in [-0.2, -0.15) is 0 Å². The fourth-order valence-electron chi connectivity index (χ4n) is 4.06. The van der Waals surface area contributed by atoms with Crippen molar-refractivity contribution in [2.24, 2.45) is 0 Å². The van der Waals surface area contributed by atoms with Gasteiger partial charge in [0.25, 0.3) is 5.91 Å². The molecule has 156 valence electrons. The van der Waals surface area contributed by atoms with Gasteiger partial charge in [0.2, 0.25) is 0 Å². The van der Waals surface area contributed by atoms with Crippen LogP contribution in [0.25, 0.3) is 10.9 Å². The van der Waals surface area contributed by atoms with Crippen LogP contribution in [0.1, 0.15) is 36.0 Å². The van der Waals surface area contributed by atoms with Crippen LogP contribution in [0.15, 0.2) is 54.6 Å². The number of nitrogens with zero attached hydrogens (tertiary/aromatic N) is 2. The number of aromatic nitrogens is 1. The number of carbonyl (C=O) groups is 1. The Hall–Kier alpha value is -3.15. The highest BCUT2D eigenvalue weighted by Gasteiger charge is 2.23. The van der Waals surface area contributed by atoms with E-state index >= 15 is 0 Å². The molecular weight excluding hydrogens is 379 g/mol. The molecule has 2 N–H and O–H groups in total. The zero-order chi connectivity index (χ0) is 21.1. The van der Waals surface area contributed by atoms with Crippen molar-refractivity contribution in [3.05, 3.63) is 66.0 Å². The Bertz CT molecular complexity index is 1030. The van der Waals surface area contributed by atoms with Gasteiger partial charge in [-0.05, 0) is 56.0 Å². The highest BCUT2D eigenvalue weighted by molar-refractivity contribution is 5.94. The van der Waals surface area contributed by atoms with E-state index in [-0.39, 0.29) is 17.8 Å². The standard InChI is InChI=1S/C24H27FN4O/c1-29(2)22-15-23(28-21-6-4-3-5-20(21)22)26-18-11-13-19(14-12-18)27-24(30)16-7-9-17(25)10-8-16/h3-10,15,18-19H,11-14H2,1-2H3,(H,26,28)(H,27,30)/t18-,19+. The molecule has 1 aromatic heterocycles. The van der Waals surface area contributed by atoms with Crippen molar-refractivity contribution in [2.75, 3.05) is 24.3 Å². The van der Waals surface area contributed by atoms with Gasteiger partial charge in [-0.3, -0.25) is 4.79 Å². The Balaban J connectivity index is 1.37. The highest BCUT2D eigenvalue weighted by Crippen LogP contribution is 2.29. The Morgan fingerprint density at radius 1 is 1.00 bits per heavy atom. The molecule has 3 aromatic rings. The molecular formula is C24H27FN4O. The summed E-state index contributed by atoms with van der Waals surface area (Å²) in [5.74, 6) is 0.410. The van der Waals surface area contributed by atoms with Crippen LogP contribution < -0.4 is 15.5 Å². The number of halogens is 1. The summed E-state index contributed by atoms with van der Waals surface area (Å²) < 4.78 is 13.0. The average molecular weight is 407 g/mol. The molecule has 0 radical (unpaired) electrons. The topological polar surface area (TPSA) is 57.3 Å². The monoisotopic (exact) mass is 406 g/mol. The number of pyridine rings is 1. The third-order valence-corrected chi connectivity index (χ3v) is 5.70. The Morgan fingerprint density at radius 3 is 2.37 bits per heavy atom. The second-order valence-corrected chi connectivity index (χ2v) is 8.11. The molecule has 1 saturated carbocycles. The second kappa shape index (κ2) is 8.69. The molecule has 1 amide bonds. The van der Waals surface area contributed by atoms with E-state index in [2.05, 4.69) is 27.7 Å².